The summed E-state index contributed by atoms with van der Waals surface area (Å²) in [5.41, 5.74) is -0.242. The van der Waals surface area contributed by atoms with Crippen LogP contribution in [0.15, 0.2) is 45.3 Å². The van der Waals surface area contributed by atoms with Crippen molar-refractivity contribution in [3.05, 3.63) is 61.3 Å². The maximum atomic E-state index is 13.5. The topological polar surface area (TPSA) is 52.4 Å². The van der Waals surface area contributed by atoms with Crippen molar-refractivity contribution in [1.82, 2.24) is 0 Å². The van der Waals surface area contributed by atoms with Crippen LogP contribution in [0.5, 0.6) is 11.5 Å². The second-order valence-corrected chi connectivity index (χ2v) is 5.38. The molecule has 0 radical (unpaired) electrons. The lowest BCUT2D eigenvalue weighted by molar-refractivity contribution is -0.385. The predicted octanol–water partition coefficient (Wildman–Crippen LogP) is 5.05. The first-order chi connectivity index (χ1) is 8.97. The Balaban J connectivity index is 2.43. The van der Waals surface area contributed by atoms with Crippen LogP contribution in [0.25, 0.3) is 0 Å². The van der Waals surface area contributed by atoms with Crippen LogP contribution in [-0.2, 0) is 0 Å². The van der Waals surface area contributed by atoms with Crippen molar-refractivity contribution >= 4 is 37.5 Å². The first-order valence-corrected chi connectivity index (χ1v) is 6.63. The summed E-state index contributed by atoms with van der Waals surface area (Å²) < 4.78 is 20.0. The van der Waals surface area contributed by atoms with Crippen LogP contribution in [-0.4, -0.2) is 4.92 Å². The van der Waals surface area contributed by atoms with Gasteiger partial charge in [0.05, 0.1) is 4.92 Å². The molecule has 0 spiro atoms. The van der Waals surface area contributed by atoms with E-state index in [1.54, 1.807) is 6.07 Å². The molecule has 0 heterocycles. The van der Waals surface area contributed by atoms with Crippen LogP contribution >= 0.6 is 31.9 Å². The minimum atomic E-state index is -0.597. The van der Waals surface area contributed by atoms with Gasteiger partial charge in [-0.2, -0.15) is 0 Å². The molecule has 2 aromatic carbocycles. The summed E-state index contributed by atoms with van der Waals surface area (Å²) in [6, 6.07) is 8.41. The monoisotopic (exact) mass is 389 g/mol. The highest BCUT2D eigenvalue weighted by molar-refractivity contribution is 9.10. The molecule has 0 aromatic heterocycles. The SMILES string of the molecule is O=[N+]([O-])c1cc(Br)ccc1Oc1cc(Br)ccc1F. The number of hydrogen-bond acceptors (Lipinski definition) is 3. The molecule has 0 aliphatic rings. The molecule has 0 unspecified atom stereocenters. The van der Waals surface area contributed by atoms with Crippen LogP contribution in [0.2, 0.25) is 0 Å². The average Bonchev–Trinajstić information content (AvgIpc) is 2.35. The third-order valence-electron chi connectivity index (χ3n) is 2.23. The van der Waals surface area contributed by atoms with Crippen molar-refractivity contribution in [3.63, 3.8) is 0 Å². The van der Waals surface area contributed by atoms with Crippen molar-refractivity contribution in [3.8, 4) is 11.5 Å². The fourth-order valence-corrected chi connectivity index (χ4v) is 2.08. The highest BCUT2D eigenvalue weighted by atomic mass is 79.9. The number of halogens is 3. The molecule has 98 valence electrons. The fourth-order valence-electron chi connectivity index (χ4n) is 1.39. The summed E-state index contributed by atoms with van der Waals surface area (Å²) >= 11 is 6.32. The summed E-state index contributed by atoms with van der Waals surface area (Å²) in [7, 11) is 0. The van der Waals surface area contributed by atoms with Crippen LogP contribution in [0, 0.1) is 15.9 Å². The molecule has 0 bridgehead atoms. The summed E-state index contributed by atoms with van der Waals surface area (Å²) in [6.45, 7) is 0. The first kappa shape index (κ1) is 14.0. The molecule has 19 heavy (non-hydrogen) atoms. The number of rotatable bonds is 3. The Morgan fingerprint density at radius 3 is 2.37 bits per heavy atom. The Morgan fingerprint density at radius 2 is 1.68 bits per heavy atom. The third-order valence-corrected chi connectivity index (χ3v) is 3.22. The largest absolute Gasteiger partial charge is 0.447 e. The van der Waals surface area contributed by atoms with Gasteiger partial charge < -0.3 is 4.74 Å². The fraction of sp³-hybridized carbons (Fsp3) is 0. The van der Waals surface area contributed by atoms with Gasteiger partial charge in [0.25, 0.3) is 0 Å². The van der Waals surface area contributed by atoms with E-state index < -0.39 is 10.7 Å². The molecule has 0 saturated carbocycles. The number of hydrogen-bond donors (Lipinski definition) is 0. The average molecular weight is 391 g/mol. The van der Waals surface area contributed by atoms with Crippen LogP contribution in [0.4, 0.5) is 10.1 Å². The van der Waals surface area contributed by atoms with Crippen molar-refractivity contribution in [1.29, 1.82) is 0 Å². The number of ether oxygens (including phenoxy) is 1. The highest BCUT2D eigenvalue weighted by Gasteiger charge is 2.17. The Hall–Kier alpha value is -1.47. The zero-order chi connectivity index (χ0) is 14.0. The predicted molar refractivity (Wildman–Crippen MR) is 75.0 cm³/mol. The summed E-state index contributed by atoms with van der Waals surface area (Å²) in [5.74, 6) is -0.703. The van der Waals surface area contributed by atoms with E-state index in [1.165, 1.54) is 30.3 Å². The van der Waals surface area contributed by atoms with Gasteiger partial charge in [0.15, 0.2) is 11.6 Å². The maximum Gasteiger partial charge on any atom is 0.312 e. The molecule has 0 fully saturated rings. The first-order valence-electron chi connectivity index (χ1n) is 5.04. The summed E-state index contributed by atoms with van der Waals surface area (Å²) in [5, 5.41) is 10.9. The molecular formula is C12H6Br2FNO3. The van der Waals surface area contributed by atoms with Crippen molar-refractivity contribution in [2.24, 2.45) is 0 Å². The second kappa shape index (κ2) is 5.66. The zero-order valence-corrected chi connectivity index (χ0v) is 12.4. The van der Waals surface area contributed by atoms with E-state index in [1.807, 2.05) is 0 Å². The van der Waals surface area contributed by atoms with E-state index in [2.05, 4.69) is 31.9 Å². The lowest BCUT2D eigenvalue weighted by Crippen LogP contribution is -1.95. The van der Waals surface area contributed by atoms with E-state index in [0.29, 0.717) is 8.95 Å². The normalized spacial score (nSPS) is 10.3. The van der Waals surface area contributed by atoms with Crippen molar-refractivity contribution < 1.29 is 14.1 Å². The van der Waals surface area contributed by atoms with E-state index in [9.17, 15) is 14.5 Å². The Morgan fingerprint density at radius 1 is 1.05 bits per heavy atom. The van der Waals surface area contributed by atoms with Gasteiger partial charge in [0.2, 0.25) is 5.75 Å². The minimum Gasteiger partial charge on any atom is -0.447 e. The smallest absolute Gasteiger partial charge is 0.312 e. The molecule has 0 atom stereocenters. The molecule has 0 aliphatic carbocycles. The highest BCUT2D eigenvalue weighted by Crippen LogP contribution is 2.35. The summed E-state index contributed by atoms with van der Waals surface area (Å²) in [4.78, 5) is 10.3. The third kappa shape index (κ3) is 3.30. The van der Waals surface area contributed by atoms with Gasteiger partial charge in [-0.15, -0.1) is 0 Å². The Bertz CT molecular complexity index is 649. The quantitative estimate of drug-likeness (QED) is 0.544. The van der Waals surface area contributed by atoms with Gasteiger partial charge >= 0.3 is 5.69 Å². The lowest BCUT2D eigenvalue weighted by atomic mass is 10.3. The van der Waals surface area contributed by atoms with Crippen LogP contribution < -0.4 is 4.74 Å². The molecule has 0 saturated heterocycles. The minimum absolute atomic E-state index is 0.0230. The molecule has 2 rings (SSSR count). The van der Waals surface area contributed by atoms with Gasteiger partial charge in [0, 0.05) is 15.0 Å². The summed E-state index contributed by atoms with van der Waals surface area (Å²) in [6.07, 6.45) is 0. The molecule has 0 aliphatic heterocycles. The van der Waals surface area contributed by atoms with E-state index in [4.69, 9.17) is 4.74 Å². The molecular weight excluding hydrogens is 385 g/mol. The van der Waals surface area contributed by atoms with Gasteiger partial charge in [-0.25, -0.2) is 4.39 Å². The number of nitro groups is 1. The van der Waals surface area contributed by atoms with Crippen LogP contribution in [0.1, 0.15) is 0 Å². The standard InChI is InChI=1S/C12H6Br2FNO3/c13-7-2-4-11(10(5-7)16(17)18)19-12-6-8(14)1-3-9(12)15/h1-6H. The lowest BCUT2D eigenvalue weighted by Gasteiger charge is -2.07. The van der Waals surface area contributed by atoms with E-state index in [-0.39, 0.29) is 17.2 Å². The van der Waals surface area contributed by atoms with Crippen molar-refractivity contribution in [2.45, 2.75) is 0 Å². The second-order valence-electron chi connectivity index (χ2n) is 3.55. The molecule has 4 nitrogen and oxygen atoms in total. The maximum absolute atomic E-state index is 13.5. The van der Waals surface area contributed by atoms with Crippen molar-refractivity contribution in [2.75, 3.05) is 0 Å². The Kier molecular flexibility index (Phi) is 4.16. The van der Waals surface area contributed by atoms with Gasteiger partial charge in [-0.1, -0.05) is 31.9 Å². The van der Waals surface area contributed by atoms with Gasteiger partial charge in [0.1, 0.15) is 0 Å². The van der Waals surface area contributed by atoms with E-state index >= 15 is 0 Å². The molecule has 2 aromatic rings. The molecule has 7 heteroatoms. The molecule has 0 amide bonds. The number of nitro benzene ring substituents is 1. The Labute approximate surface area is 124 Å². The number of nitrogens with zero attached hydrogens (tertiary/aromatic N) is 1. The van der Waals surface area contributed by atoms with Gasteiger partial charge in [-0.3, -0.25) is 10.1 Å². The molecule has 0 N–H and O–H groups in total. The zero-order valence-electron chi connectivity index (χ0n) is 9.27. The van der Waals surface area contributed by atoms with Gasteiger partial charge in [-0.05, 0) is 30.3 Å². The van der Waals surface area contributed by atoms with Crippen LogP contribution in [0.3, 0.4) is 0 Å². The van der Waals surface area contributed by atoms with E-state index in [0.717, 1.165) is 0 Å². The number of benzene rings is 2.